The zero-order valence-corrected chi connectivity index (χ0v) is 14.3. The van der Waals surface area contributed by atoms with Gasteiger partial charge in [-0.2, -0.15) is 5.26 Å². The van der Waals surface area contributed by atoms with Crippen LogP contribution in [0.2, 0.25) is 0 Å². The average Bonchev–Trinajstić information content (AvgIpc) is 3.00. The van der Waals surface area contributed by atoms with Gasteiger partial charge in [0, 0.05) is 19.0 Å². The first-order chi connectivity index (χ1) is 11.2. The molecule has 1 aliphatic rings. The lowest BCUT2D eigenvalue weighted by molar-refractivity contribution is 0.0279. The number of carbonyl (C=O) groups excluding carboxylic acids is 1. The molecule has 1 N–H and O–H groups in total. The molecule has 0 aliphatic carbocycles. The molecule has 130 valence electrons. The molecule has 24 heavy (non-hydrogen) atoms. The molecule has 2 unspecified atom stereocenters. The zero-order valence-electron chi connectivity index (χ0n) is 14.3. The lowest BCUT2D eigenvalue weighted by Gasteiger charge is -2.31. The van der Waals surface area contributed by atoms with E-state index in [4.69, 9.17) is 4.74 Å². The normalized spacial score (nSPS) is 20.3. The maximum absolute atomic E-state index is 13.2. The van der Waals surface area contributed by atoms with Crippen LogP contribution in [0.3, 0.4) is 0 Å². The maximum Gasteiger partial charge on any atom is 0.410 e. The van der Waals surface area contributed by atoms with Crippen LogP contribution in [0.15, 0.2) is 24.3 Å². The van der Waals surface area contributed by atoms with Crippen LogP contribution in [-0.4, -0.2) is 41.4 Å². The van der Waals surface area contributed by atoms with E-state index < -0.39 is 22.9 Å². The molecule has 1 heterocycles. The number of halogens is 1. The Morgan fingerprint density at radius 2 is 2.04 bits per heavy atom. The minimum Gasteiger partial charge on any atom is -0.444 e. The number of nitriles is 1. The molecule has 6 heteroatoms. The van der Waals surface area contributed by atoms with Crippen LogP contribution in [0, 0.1) is 23.1 Å². The van der Waals surface area contributed by atoms with E-state index in [-0.39, 0.29) is 12.5 Å². The first-order valence-electron chi connectivity index (χ1n) is 7.98. The van der Waals surface area contributed by atoms with E-state index in [1.54, 1.807) is 25.7 Å². The summed E-state index contributed by atoms with van der Waals surface area (Å²) in [7, 11) is 0. The minimum atomic E-state index is -1.16. The Balaban J connectivity index is 2.20. The highest BCUT2D eigenvalue weighted by molar-refractivity contribution is 5.68. The first kappa shape index (κ1) is 18.2. The number of ether oxygens (including phenoxy) is 1. The number of aliphatic hydroxyl groups is 1. The maximum atomic E-state index is 13.2. The summed E-state index contributed by atoms with van der Waals surface area (Å²) in [4.78, 5) is 13.8. The van der Waals surface area contributed by atoms with Gasteiger partial charge in [-0.15, -0.1) is 0 Å². The van der Waals surface area contributed by atoms with Crippen LogP contribution in [0.4, 0.5) is 9.18 Å². The van der Waals surface area contributed by atoms with Crippen molar-refractivity contribution in [2.45, 2.75) is 38.2 Å². The van der Waals surface area contributed by atoms with Gasteiger partial charge < -0.3 is 14.7 Å². The lowest BCUT2D eigenvalue weighted by Crippen LogP contribution is -2.41. The van der Waals surface area contributed by atoms with Crippen LogP contribution in [0.5, 0.6) is 0 Å². The van der Waals surface area contributed by atoms with Crippen molar-refractivity contribution in [2.75, 3.05) is 19.7 Å². The molecule has 1 aromatic carbocycles. The van der Waals surface area contributed by atoms with Crippen LogP contribution < -0.4 is 0 Å². The number of amides is 1. The van der Waals surface area contributed by atoms with Crippen LogP contribution in [0.1, 0.15) is 32.8 Å². The van der Waals surface area contributed by atoms with Crippen molar-refractivity contribution in [2.24, 2.45) is 5.92 Å². The average molecular weight is 334 g/mol. The number of hydrogen-bond donors (Lipinski definition) is 1. The Bertz CT molecular complexity index is 633. The third kappa shape index (κ3) is 3.68. The fourth-order valence-electron chi connectivity index (χ4n) is 3.05. The third-order valence-electron chi connectivity index (χ3n) is 4.35. The molecule has 0 radical (unpaired) electrons. The summed E-state index contributed by atoms with van der Waals surface area (Å²) in [6.07, 6.45) is 0.152. The predicted molar refractivity (Wildman–Crippen MR) is 86.7 cm³/mol. The summed E-state index contributed by atoms with van der Waals surface area (Å²) in [5.41, 5.74) is -1.19. The van der Waals surface area contributed by atoms with Gasteiger partial charge in [0.2, 0.25) is 0 Å². The van der Waals surface area contributed by atoms with E-state index in [0.717, 1.165) is 0 Å². The number of benzene rings is 1. The molecule has 5 nitrogen and oxygen atoms in total. The summed E-state index contributed by atoms with van der Waals surface area (Å²) in [6.45, 7) is 5.78. The van der Waals surface area contributed by atoms with Crippen molar-refractivity contribution in [3.63, 3.8) is 0 Å². The summed E-state index contributed by atoms with van der Waals surface area (Å²) in [6, 6.07) is 7.79. The highest BCUT2D eigenvalue weighted by Crippen LogP contribution is 2.38. The molecule has 1 amide bonds. The van der Waals surface area contributed by atoms with E-state index in [9.17, 15) is 19.6 Å². The molecular weight excluding hydrogens is 311 g/mol. The Hall–Kier alpha value is -2.13. The fraction of sp³-hybridized carbons (Fsp3) is 0.556. The van der Waals surface area contributed by atoms with Crippen molar-refractivity contribution in [3.8, 4) is 6.07 Å². The highest BCUT2D eigenvalue weighted by Gasteiger charge is 2.45. The van der Waals surface area contributed by atoms with Crippen molar-refractivity contribution in [1.29, 1.82) is 5.26 Å². The second-order valence-electron chi connectivity index (χ2n) is 7.16. The van der Waals surface area contributed by atoms with Crippen molar-refractivity contribution < 1.29 is 19.0 Å². The van der Waals surface area contributed by atoms with Crippen molar-refractivity contribution >= 4 is 6.09 Å². The number of hydrogen-bond acceptors (Lipinski definition) is 4. The minimum absolute atomic E-state index is 0.245. The fourth-order valence-corrected chi connectivity index (χ4v) is 3.05. The first-order valence-corrected chi connectivity index (χ1v) is 7.98. The van der Waals surface area contributed by atoms with Crippen LogP contribution >= 0.6 is 0 Å². The number of nitrogens with zero attached hydrogens (tertiary/aromatic N) is 2. The topological polar surface area (TPSA) is 73.6 Å². The number of rotatable bonds is 3. The Morgan fingerprint density at radius 1 is 1.42 bits per heavy atom. The Kier molecular flexibility index (Phi) is 5.14. The van der Waals surface area contributed by atoms with Gasteiger partial charge in [-0.1, -0.05) is 12.1 Å². The largest absolute Gasteiger partial charge is 0.444 e. The van der Waals surface area contributed by atoms with Gasteiger partial charge in [0.25, 0.3) is 0 Å². The van der Waals surface area contributed by atoms with Crippen LogP contribution in [0.25, 0.3) is 0 Å². The summed E-state index contributed by atoms with van der Waals surface area (Å²) in [5.74, 6) is -0.643. The molecule has 1 fully saturated rings. The molecule has 1 saturated heterocycles. The quantitative estimate of drug-likeness (QED) is 0.922. The molecule has 0 saturated carbocycles. The monoisotopic (exact) mass is 334 g/mol. The SMILES string of the molecule is CC(C)(C)OC(=O)N1CCC(C(C#N)(CO)c2ccc(F)cc2)C1. The van der Waals surface area contributed by atoms with Gasteiger partial charge in [-0.3, -0.25) is 0 Å². The van der Waals surface area contributed by atoms with Gasteiger partial charge in [-0.25, -0.2) is 9.18 Å². The highest BCUT2D eigenvalue weighted by atomic mass is 19.1. The van der Waals surface area contributed by atoms with E-state index in [1.165, 1.54) is 24.3 Å². The molecule has 1 aliphatic heterocycles. The van der Waals surface area contributed by atoms with E-state index in [2.05, 4.69) is 6.07 Å². The summed E-state index contributed by atoms with van der Waals surface area (Å²) in [5, 5.41) is 19.7. The molecule has 1 aromatic rings. The smallest absolute Gasteiger partial charge is 0.410 e. The molecular formula is C18H23FN2O3. The van der Waals surface area contributed by atoms with Crippen molar-refractivity contribution in [1.82, 2.24) is 4.90 Å². The number of carbonyl (C=O) groups is 1. The van der Waals surface area contributed by atoms with E-state index >= 15 is 0 Å². The summed E-state index contributed by atoms with van der Waals surface area (Å²) >= 11 is 0. The van der Waals surface area contributed by atoms with Gasteiger partial charge in [-0.05, 0) is 44.9 Å². The predicted octanol–water partition coefficient (Wildman–Crippen LogP) is 2.84. The third-order valence-corrected chi connectivity index (χ3v) is 4.35. The second kappa shape index (κ2) is 6.78. The van der Waals surface area contributed by atoms with E-state index in [0.29, 0.717) is 25.1 Å². The van der Waals surface area contributed by atoms with Gasteiger partial charge >= 0.3 is 6.09 Å². The standard InChI is InChI=1S/C18H23FN2O3/c1-17(2,3)24-16(23)21-9-8-14(10-21)18(11-20,12-22)13-4-6-15(19)7-5-13/h4-7,14,22H,8-10,12H2,1-3H3. The number of likely N-dealkylation sites (tertiary alicyclic amines) is 1. The van der Waals surface area contributed by atoms with Crippen molar-refractivity contribution in [3.05, 3.63) is 35.6 Å². The molecule has 0 spiro atoms. The van der Waals surface area contributed by atoms with E-state index in [1.807, 2.05) is 0 Å². The van der Waals surface area contributed by atoms with Crippen LogP contribution in [-0.2, 0) is 10.2 Å². The summed E-state index contributed by atoms with van der Waals surface area (Å²) < 4.78 is 18.5. The molecule has 0 bridgehead atoms. The lowest BCUT2D eigenvalue weighted by atomic mass is 9.71. The number of aliphatic hydroxyl groups excluding tert-OH is 1. The second-order valence-corrected chi connectivity index (χ2v) is 7.16. The Labute approximate surface area is 141 Å². The van der Waals surface area contributed by atoms with Gasteiger partial charge in [0.15, 0.2) is 0 Å². The van der Waals surface area contributed by atoms with Gasteiger partial charge in [0.05, 0.1) is 12.7 Å². The van der Waals surface area contributed by atoms with Gasteiger partial charge in [0.1, 0.15) is 16.8 Å². The molecule has 0 aromatic heterocycles. The molecule has 2 atom stereocenters. The molecule has 2 rings (SSSR count). The Morgan fingerprint density at radius 3 is 2.54 bits per heavy atom. The zero-order chi connectivity index (χ0) is 18.0.